The van der Waals surface area contributed by atoms with Gasteiger partial charge >= 0.3 is 0 Å². The molecule has 3 heteroatoms. The molecule has 17 heavy (non-hydrogen) atoms. The van der Waals surface area contributed by atoms with Crippen molar-refractivity contribution in [1.29, 1.82) is 0 Å². The first-order valence-electron chi connectivity index (χ1n) is 6.09. The number of fused-ring (bicyclic) bond motifs is 1. The van der Waals surface area contributed by atoms with Gasteiger partial charge in [0.2, 0.25) is 0 Å². The number of hydrogen-bond donors (Lipinski definition) is 2. The summed E-state index contributed by atoms with van der Waals surface area (Å²) in [7, 11) is 0. The lowest BCUT2D eigenvalue weighted by molar-refractivity contribution is -0.137. The van der Waals surface area contributed by atoms with E-state index in [1.165, 1.54) is 25.0 Å². The van der Waals surface area contributed by atoms with Crippen LogP contribution in [0.25, 0.3) is 0 Å². The van der Waals surface area contributed by atoms with Gasteiger partial charge < -0.3 is 10.4 Å². The highest BCUT2D eigenvalue weighted by Gasteiger charge is 2.28. The van der Waals surface area contributed by atoms with E-state index in [1.54, 1.807) is 0 Å². The van der Waals surface area contributed by atoms with Gasteiger partial charge in [0.15, 0.2) is 0 Å². The quantitative estimate of drug-likeness (QED) is 0.820. The van der Waals surface area contributed by atoms with E-state index >= 15 is 0 Å². The van der Waals surface area contributed by atoms with Crippen LogP contribution in [0.2, 0.25) is 0 Å². The van der Waals surface area contributed by atoms with Crippen LogP contribution in [0.1, 0.15) is 43.9 Å². The third kappa shape index (κ3) is 2.67. The third-order valence-electron chi connectivity index (χ3n) is 3.23. The van der Waals surface area contributed by atoms with Crippen molar-refractivity contribution < 1.29 is 9.90 Å². The molecule has 0 saturated carbocycles. The monoisotopic (exact) mass is 233 g/mol. The number of carbonyl (C=O) groups excluding carboxylic acids is 1. The molecule has 1 aromatic carbocycles. The van der Waals surface area contributed by atoms with Gasteiger partial charge in [0.05, 0.1) is 6.04 Å². The smallest absolute Gasteiger partial charge is 0.251 e. The SMILES string of the molecule is CC(C)(O)C(=O)NC1CCCc2ccccc21. The lowest BCUT2D eigenvalue weighted by Gasteiger charge is -2.28. The summed E-state index contributed by atoms with van der Waals surface area (Å²) < 4.78 is 0. The fourth-order valence-corrected chi connectivity index (χ4v) is 2.24. The second-order valence-electron chi connectivity index (χ2n) is 5.18. The topological polar surface area (TPSA) is 49.3 Å². The fraction of sp³-hybridized carbons (Fsp3) is 0.500. The molecule has 92 valence electrons. The van der Waals surface area contributed by atoms with Crippen molar-refractivity contribution in [2.75, 3.05) is 0 Å². The molecule has 1 aromatic rings. The molecule has 1 unspecified atom stereocenters. The highest BCUT2D eigenvalue weighted by molar-refractivity contribution is 5.84. The minimum Gasteiger partial charge on any atom is -0.381 e. The molecule has 1 aliphatic carbocycles. The van der Waals surface area contributed by atoms with Gasteiger partial charge in [0.25, 0.3) is 5.91 Å². The molecule has 1 aliphatic rings. The van der Waals surface area contributed by atoms with E-state index in [1.807, 2.05) is 12.1 Å². The molecule has 1 atom stereocenters. The Bertz CT molecular complexity index is 420. The average molecular weight is 233 g/mol. The maximum Gasteiger partial charge on any atom is 0.251 e. The van der Waals surface area contributed by atoms with E-state index < -0.39 is 5.60 Å². The van der Waals surface area contributed by atoms with Crippen molar-refractivity contribution in [3.05, 3.63) is 35.4 Å². The summed E-state index contributed by atoms with van der Waals surface area (Å²) in [6, 6.07) is 8.23. The third-order valence-corrected chi connectivity index (χ3v) is 3.23. The van der Waals surface area contributed by atoms with E-state index in [2.05, 4.69) is 17.4 Å². The fourth-order valence-electron chi connectivity index (χ4n) is 2.24. The van der Waals surface area contributed by atoms with Crippen molar-refractivity contribution in [1.82, 2.24) is 5.32 Å². The van der Waals surface area contributed by atoms with Crippen LogP contribution < -0.4 is 5.32 Å². The Morgan fingerprint density at radius 2 is 2.12 bits per heavy atom. The van der Waals surface area contributed by atoms with E-state index in [0.29, 0.717) is 0 Å². The van der Waals surface area contributed by atoms with Crippen LogP contribution in [0.4, 0.5) is 0 Å². The molecule has 0 radical (unpaired) electrons. The van der Waals surface area contributed by atoms with Gasteiger partial charge in [-0.1, -0.05) is 24.3 Å². The molecule has 0 heterocycles. The first kappa shape index (κ1) is 12.1. The molecule has 0 aliphatic heterocycles. The minimum absolute atomic E-state index is 0.0406. The molecule has 2 N–H and O–H groups in total. The number of aryl methyl sites for hydroxylation is 1. The van der Waals surface area contributed by atoms with Gasteiger partial charge in [-0.3, -0.25) is 4.79 Å². The summed E-state index contributed by atoms with van der Waals surface area (Å²) in [5, 5.41) is 12.6. The zero-order valence-electron chi connectivity index (χ0n) is 10.4. The lowest BCUT2D eigenvalue weighted by Crippen LogP contribution is -2.44. The Hall–Kier alpha value is -1.35. The van der Waals surface area contributed by atoms with Crippen molar-refractivity contribution in [3.63, 3.8) is 0 Å². The highest BCUT2D eigenvalue weighted by atomic mass is 16.3. The van der Waals surface area contributed by atoms with Gasteiger partial charge in [-0.15, -0.1) is 0 Å². The van der Waals surface area contributed by atoms with Crippen LogP contribution in [-0.2, 0) is 11.2 Å². The number of carbonyl (C=O) groups is 1. The number of benzene rings is 1. The van der Waals surface area contributed by atoms with Gasteiger partial charge in [-0.25, -0.2) is 0 Å². The summed E-state index contributed by atoms with van der Waals surface area (Å²) in [5.41, 5.74) is 1.18. The van der Waals surface area contributed by atoms with Crippen LogP contribution in [0, 0.1) is 0 Å². The summed E-state index contributed by atoms with van der Waals surface area (Å²) in [6.45, 7) is 3.02. The molecule has 0 saturated heterocycles. The van der Waals surface area contributed by atoms with E-state index in [9.17, 15) is 9.90 Å². The van der Waals surface area contributed by atoms with Crippen LogP contribution >= 0.6 is 0 Å². The molecule has 3 nitrogen and oxygen atoms in total. The van der Waals surface area contributed by atoms with Crippen LogP contribution in [-0.4, -0.2) is 16.6 Å². The molecule has 0 spiro atoms. The number of hydrogen-bond acceptors (Lipinski definition) is 2. The van der Waals surface area contributed by atoms with Gasteiger partial charge in [-0.05, 0) is 44.2 Å². The predicted molar refractivity (Wildman–Crippen MR) is 66.6 cm³/mol. The van der Waals surface area contributed by atoms with E-state index in [-0.39, 0.29) is 11.9 Å². The Labute approximate surface area is 102 Å². The van der Waals surface area contributed by atoms with E-state index in [0.717, 1.165) is 19.3 Å². The normalized spacial score (nSPS) is 19.6. The standard InChI is InChI=1S/C14H19NO2/c1-14(2,17)13(16)15-12-9-5-7-10-6-3-4-8-11(10)12/h3-4,6,8,12,17H,5,7,9H2,1-2H3,(H,15,16). The Morgan fingerprint density at radius 3 is 2.82 bits per heavy atom. The van der Waals surface area contributed by atoms with E-state index in [4.69, 9.17) is 0 Å². The average Bonchev–Trinajstić information content (AvgIpc) is 2.28. The summed E-state index contributed by atoms with van der Waals surface area (Å²) in [5.74, 6) is -0.306. The van der Waals surface area contributed by atoms with Gasteiger partial charge in [0.1, 0.15) is 5.60 Å². The zero-order valence-corrected chi connectivity index (χ0v) is 10.4. The van der Waals surface area contributed by atoms with Crippen LogP contribution in [0.5, 0.6) is 0 Å². The summed E-state index contributed by atoms with van der Waals surface area (Å²) in [4.78, 5) is 11.8. The second-order valence-corrected chi connectivity index (χ2v) is 5.18. The zero-order chi connectivity index (χ0) is 12.5. The predicted octanol–water partition coefficient (Wildman–Crippen LogP) is 1.95. The maximum absolute atomic E-state index is 11.8. The first-order chi connectivity index (χ1) is 7.98. The maximum atomic E-state index is 11.8. The van der Waals surface area contributed by atoms with Crippen molar-refractivity contribution in [2.45, 2.75) is 44.8 Å². The molecule has 0 fully saturated rings. The Morgan fingerprint density at radius 1 is 1.41 bits per heavy atom. The van der Waals surface area contributed by atoms with Crippen LogP contribution in [0.3, 0.4) is 0 Å². The summed E-state index contributed by atoms with van der Waals surface area (Å²) >= 11 is 0. The molecular weight excluding hydrogens is 214 g/mol. The molecule has 2 rings (SSSR count). The van der Waals surface area contributed by atoms with Crippen molar-refractivity contribution in [3.8, 4) is 0 Å². The van der Waals surface area contributed by atoms with Gasteiger partial charge in [0, 0.05) is 0 Å². The number of aliphatic hydroxyl groups is 1. The van der Waals surface area contributed by atoms with Crippen molar-refractivity contribution in [2.24, 2.45) is 0 Å². The second kappa shape index (κ2) is 4.49. The molecule has 1 amide bonds. The Kier molecular flexibility index (Phi) is 3.20. The molecular formula is C14H19NO2. The first-order valence-corrected chi connectivity index (χ1v) is 6.09. The minimum atomic E-state index is -1.31. The molecule has 0 aromatic heterocycles. The van der Waals surface area contributed by atoms with Gasteiger partial charge in [-0.2, -0.15) is 0 Å². The summed E-state index contributed by atoms with van der Waals surface area (Å²) in [6.07, 6.45) is 3.09. The lowest BCUT2D eigenvalue weighted by atomic mass is 9.87. The number of nitrogens with one attached hydrogen (secondary N) is 1. The number of amides is 1. The molecule has 0 bridgehead atoms. The van der Waals surface area contributed by atoms with Crippen LogP contribution in [0.15, 0.2) is 24.3 Å². The number of rotatable bonds is 2. The van der Waals surface area contributed by atoms with Crippen molar-refractivity contribution >= 4 is 5.91 Å². The Balaban J connectivity index is 2.17. The largest absolute Gasteiger partial charge is 0.381 e. The highest BCUT2D eigenvalue weighted by Crippen LogP contribution is 2.29.